The van der Waals surface area contributed by atoms with Gasteiger partial charge in [0.05, 0.1) is 6.10 Å². The monoisotopic (exact) mass is 237 g/mol. The van der Waals surface area contributed by atoms with Crippen LogP contribution in [0.4, 0.5) is 0 Å². The fraction of sp³-hybridized carbons (Fsp3) is 0.692. The van der Waals surface area contributed by atoms with E-state index in [0.29, 0.717) is 0 Å². The van der Waals surface area contributed by atoms with Crippen LogP contribution < -0.4 is 0 Å². The predicted octanol–water partition coefficient (Wildman–Crippen LogP) is 2.41. The summed E-state index contributed by atoms with van der Waals surface area (Å²) in [6.45, 7) is 2.36. The minimum Gasteiger partial charge on any atom is -0.393 e. The first-order chi connectivity index (χ1) is 7.83. The van der Waals surface area contributed by atoms with Crippen LogP contribution in [-0.2, 0) is 13.0 Å². The number of fused-ring (bicyclic) bond motifs is 1. The average Bonchev–Trinajstić information content (AvgIpc) is 2.77. The summed E-state index contributed by atoms with van der Waals surface area (Å²) < 4.78 is 0. The Balaban J connectivity index is 1.65. The molecule has 2 aliphatic rings. The summed E-state index contributed by atoms with van der Waals surface area (Å²) in [6.07, 6.45) is 5.56. The lowest BCUT2D eigenvalue weighted by Gasteiger charge is -2.37. The van der Waals surface area contributed by atoms with Gasteiger partial charge in [0.15, 0.2) is 0 Å². The summed E-state index contributed by atoms with van der Waals surface area (Å²) in [7, 11) is 0. The highest BCUT2D eigenvalue weighted by atomic mass is 32.1. The van der Waals surface area contributed by atoms with Gasteiger partial charge in [-0.05, 0) is 49.1 Å². The second-order valence-corrected chi connectivity index (χ2v) is 6.05. The molecule has 2 heterocycles. The second-order valence-electron chi connectivity index (χ2n) is 5.05. The molecule has 1 fully saturated rings. The van der Waals surface area contributed by atoms with E-state index in [0.717, 1.165) is 25.4 Å². The third kappa shape index (κ3) is 2.04. The molecule has 1 saturated carbocycles. The molecule has 1 aromatic heterocycles. The Kier molecular flexibility index (Phi) is 3.01. The quantitative estimate of drug-likeness (QED) is 0.811. The van der Waals surface area contributed by atoms with Gasteiger partial charge in [-0.3, -0.25) is 4.90 Å². The normalized spacial score (nSPS) is 31.3. The molecule has 0 bridgehead atoms. The lowest BCUT2D eigenvalue weighted by atomic mass is 9.91. The van der Waals surface area contributed by atoms with Crippen LogP contribution in [0, 0.1) is 0 Å². The first-order valence-electron chi connectivity index (χ1n) is 6.30. The highest BCUT2D eigenvalue weighted by molar-refractivity contribution is 7.10. The van der Waals surface area contributed by atoms with E-state index in [1.807, 2.05) is 11.3 Å². The van der Waals surface area contributed by atoms with Gasteiger partial charge in [-0.2, -0.15) is 0 Å². The van der Waals surface area contributed by atoms with Crippen LogP contribution in [0.25, 0.3) is 0 Å². The molecule has 16 heavy (non-hydrogen) atoms. The van der Waals surface area contributed by atoms with Crippen molar-refractivity contribution in [2.45, 2.75) is 50.8 Å². The van der Waals surface area contributed by atoms with Crippen LogP contribution in [0.5, 0.6) is 0 Å². The summed E-state index contributed by atoms with van der Waals surface area (Å²) in [6, 6.07) is 3.00. The smallest absolute Gasteiger partial charge is 0.0541 e. The van der Waals surface area contributed by atoms with Gasteiger partial charge in [-0.1, -0.05) is 0 Å². The Labute approximate surface area is 101 Å². The minimum absolute atomic E-state index is 0.0299. The second kappa shape index (κ2) is 4.47. The van der Waals surface area contributed by atoms with Gasteiger partial charge in [0.2, 0.25) is 0 Å². The summed E-state index contributed by atoms with van der Waals surface area (Å²) in [5, 5.41) is 11.8. The van der Waals surface area contributed by atoms with Crippen LogP contribution >= 0.6 is 11.3 Å². The van der Waals surface area contributed by atoms with Gasteiger partial charge in [0, 0.05) is 24.0 Å². The van der Waals surface area contributed by atoms with E-state index in [1.165, 1.54) is 25.8 Å². The SMILES string of the molecule is OC1CCC(N2CCc3sccc3C2)CC1. The van der Waals surface area contributed by atoms with Crippen molar-refractivity contribution in [2.24, 2.45) is 0 Å². The van der Waals surface area contributed by atoms with Gasteiger partial charge in [0.25, 0.3) is 0 Å². The molecule has 2 nitrogen and oxygen atoms in total. The fourth-order valence-corrected chi connectivity index (χ4v) is 3.90. The van der Waals surface area contributed by atoms with Gasteiger partial charge in [-0.15, -0.1) is 11.3 Å². The minimum atomic E-state index is -0.0299. The molecule has 0 spiro atoms. The zero-order valence-electron chi connectivity index (χ0n) is 9.56. The number of thiophene rings is 1. The van der Waals surface area contributed by atoms with E-state index < -0.39 is 0 Å². The molecule has 0 amide bonds. The van der Waals surface area contributed by atoms with Crippen molar-refractivity contribution in [3.63, 3.8) is 0 Å². The topological polar surface area (TPSA) is 23.5 Å². The molecule has 1 aliphatic heterocycles. The van der Waals surface area contributed by atoms with E-state index >= 15 is 0 Å². The molecule has 1 N–H and O–H groups in total. The van der Waals surface area contributed by atoms with Gasteiger partial charge in [-0.25, -0.2) is 0 Å². The molecular formula is C13H19NOS. The molecule has 3 heteroatoms. The zero-order valence-corrected chi connectivity index (χ0v) is 10.4. The van der Waals surface area contributed by atoms with Crippen molar-refractivity contribution in [2.75, 3.05) is 6.54 Å². The summed E-state index contributed by atoms with van der Waals surface area (Å²) in [5.41, 5.74) is 1.54. The Bertz CT molecular complexity index is 355. The maximum absolute atomic E-state index is 9.53. The average molecular weight is 237 g/mol. The van der Waals surface area contributed by atoms with Crippen molar-refractivity contribution in [3.05, 3.63) is 21.9 Å². The molecule has 88 valence electrons. The highest BCUT2D eigenvalue weighted by Crippen LogP contribution is 2.30. The molecule has 0 aromatic carbocycles. The third-order valence-corrected chi connectivity index (χ3v) is 5.04. The van der Waals surface area contributed by atoms with Crippen LogP contribution in [0.1, 0.15) is 36.1 Å². The Morgan fingerprint density at radius 3 is 2.88 bits per heavy atom. The maximum atomic E-state index is 9.53. The molecule has 3 rings (SSSR count). The van der Waals surface area contributed by atoms with Crippen LogP contribution in [0.2, 0.25) is 0 Å². The lowest BCUT2D eigenvalue weighted by Crippen LogP contribution is -2.41. The fourth-order valence-electron chi connectivity index (χ4n) is 3.01. The third-order valence-electron chi connectivity index (χ3n) is 4.02. The van der Waals surface area contributed by atoms with Crippen molar-refractivity contribution in [3.8, 4) is 0 Å². The van der Waals surface area contributed by atoms with Crippen molar-refractivity contribution in [1.82, 2.24) is 4.90 Å². The van der Waals surface area contributed by atoms with E-state index in [9.17, 15) is 5.11 Å². The van der Waals surface area contributed by atoms with Crippen molar-refractivity contribution in [1.29, 1.82) is 0 Å². The first-order valence-corrected chi connectivity index (χ1v) is 7.18. The van der Waals surface area contributed by atoms with E-state index in [1.54, 1.807) is 10.4 Å². The van der Waals surface area contributed by atoms with Gasteiger partial charge < -0.3 is 5.11 Å². The van der Waals surface area contributed by atoms with Gasteiger partial charge in [0.1, 0.15) is 0 Å². The van der Waals surface area contributed by atoms with Crippen LogP contribution in [-0.4, -0.2) is 28.7 Å². The van der Waals surface area contributed by atoms with Crippen molar-refractivity contribution >= 4 is 11.3 Å². The number of hydrogen-bond donors (Lipinski definition) is 1. The lowest BCUT2D eigenvalue weighted by molar-refractivity contribution is 0.0681. The Hall–Kier alpha value is -0.380. The first kappa shape index (κ1) is 10.8. The van der Waals surface area contributed by atoms with E-state index in [2.05, 4.69) is 16.3 Å². The van der Waals surface area contributed by atoms with Crippen LogP contribution in [0.3, 0.4) is 0 Å². The zero-order chi connectivity index (χ0) is 11.0. The number of hydrogen-bond acceptors (Lipinski definition) is 3. The number of rotatable bonds is 1. The van der Waals surface area contributed by atoms with Crippen molar-refractivity contribution < 1.29 is 5.11 Å². The molecule has 1 aromatic rings. The molecule has 0 radical (unpaired) electrons. The number of nitrogens with zero attached hydrogens (tertiary/aromatic N) is 1. The number of aliphatic hydroxyl groups excluding tert-OH is 1. The highest BCUT2D eigenvalue weighted by Gasteiger charge is 2.27. The molecule has 0 saturated heterocycles. The largest absolute Gasteiger partial charge is 0.393 e. The summed E-state index contributed by atoms with van der Waals surface area (Å²) >= 11 is 1.91. The molecule has 0 atom stereocenters. The predicted molar refractivity (Wildman–Crippen MR) is 66.7 cm³/mol. The Morgan fingerprint density at radius 2 is 2.06 bits per heavy atom. The molecule has 0 unspecified atom stereocenters. The summed E-state index contributed by atoms with van der Waals surface area (Å²) in [5.74, 6) is 0. The van der Waals surface area contributed by atoms with E-state index in [4.69, 9.17) is 0 Å². The maximum Gasteiger partial charge on any atom is 0.0541 e. The summed E-state index contributed by atoms with van der Waals surface area (Å²) in [4.78, 5) is 4.22. The number of aliphatic hydroxyl groups is 1. The van der Waals surface area contributed by atoms with Crippen LogP contribution in [0.15, 0.2) is 11.4 Å². The standard InChI is InChI=1S/C13H19NOS/c15-12-3-1-11(2-4-12)14-7-5-13-10(9-14)6-8-16-13/h6,8,11-12,15H,1-5,7,9H2. The van der Waals surface area contributed by atoms with Gasteiger partial charge >= 0.3 is 0 Å². The molecular weight excluding hydrogens is 218 g/mol. The molecule has 1 aliphatic carbocycles. The Morgan fingerprint density at radius 1 is 1.25 bits per heavy atom. The van der Waals surface area contributed by atoms with E-state index in [-0.39, 0.29) is 6.10 Å².